The van der Waals surface area contributed by atoms with E-state index in [1.165, 1.54) is 16.7 Å². The second kappa shape index (κ2) is 6.25. The Morgan fingerprint density at radius 3 is 2.16 bits per heavy atom. The van der Waals surface area contributed by atoms with Crippen molar-refractivity contribution in [1.82, 2.24) is 5.32 Å². The number of benzene rings is 1. The molecule has 0 saturated heterocycles. The summed E-state index contributed by atoms with van der Waals surface area (Å²) in [6.07, 6.45) is 0. The van der Waals surface area contributed by atoms with Gasteiger partial charge in [0, 0.05) is 12.1 Å². The van der Waals surface area contributed by atoms with E-state index in [0.29, 0.717) is 6.61 Å². The lowest BCUT2D eigenvalue weighted by atomic mass is 10.1. The first-order valence-electron chi connectivity index (χ1n) is 6.81. The summed E-state index contributed by atoms with van der Waals surface area (Å²) in [6.45, 7) is 18.1. The van der Waals surface area contributed by atoms with E-state index in [2.05, 4.69) is 65.6 Å². The molecule has 106 valence electrons. The molecule has 19 heavy (non-hydrogen) atoms. The van der Waals surface area contributed by atoms with E-state index in [0.717, 1.165) is 17.9 Å². The fourth-order valence-electron chi connectivity index (χ4n) is 2.01. The zero-order valence-electron chi connectivity index (χ0n) is 13.2. The number of ether oxygens (including phenoxy) is 1. The molecule has 0 aliphatic heterocycles. The quantitative estimate of drug-likeness (QED) is 0.811. The monoisotopic (exact) mass is 261 g/mol. The topological polar surface area (TPSA) is 21.3 Å². The second-order valence-corrected chi connectivity index (χ2v) is 6.37. The lowest BCUT2D eigenvalue weighted by Gasteiger charge is -2.22. The van der Waals surface area contributed by atoms with Crippen molar-refractivity contribution in [2.24, 2.45) is 0 Å². The van der Waals surface area contributed by atoms with Crippen LogP contribution in [0, 0.1) is 20.8 Å². The predicted octanol–water partition coefficient (Wildman–Crippen LogP) is 3.93. The third-order valence-electron chi connectivity index (χ3n) is 2.89. The van der Waals surface area contributed by atoms with Crippen molar-refractivity contribution in [2.75, 3.05) is 13.2 Å². The van der Waals surface area contributed by atoms with E-state index in [4.69, 9.17) is 4.74 Å². The van der Waals surface area contributed by atoms with Crippen molar-refractivity contribution in [1.29, 1.82) is 0 Å². The van der Waals surface area contributed by atoms with Gasteiger partial charge in [0.05, 0.1) is 0 Å². The zero-order chi connectivity index (χ0) is 14.6. The Balaban J connectivity index is 2.56. The highest BCUT2D eigenvalue weighted by atomic mass is 16.5. The average molecular weight is 261 g/mol. The van der Waals surface area contributed by atoms with E-state index in [-0.39, 0.29) is 5.54 Å². The minimum atomic E-state index is 0.110. The molecule has 1 rings (SSSR count). The molecule has 0 atom stereocenters. The van der Waals surface area contributed by atoms with Gasteiger partial charge in [0.25, 0.3) is 0 Å². The summed E-state index contributed by atoms with van der Waals surface area (Å²) in [5.74, 6) is 0.988. The van der Waals surface area contributed by atoms with Gasteiger partial charge in [-0.15, -0.1) is 0 Å². The number of hydrogen-bond acceptors (Lipinski definition) is 2. The molecule has 2 nitrogen and oxygen atoms in total. The molecule has 0 aliphatic carbocycles. The van der Waals surface area contributed by atoms with Crippen LogP contribution in [0.15, 0.2) is 24.3 Å². The Morgan fingerprint density at radius 2 is 1.68 bits per heavy atom. The normalized spacial score (nSPS) is 11.5. The largest absolute Gasteiger partial charge is 0.489 e. The molecule has 0 fully saturated rings. The van der Waals surface area contributed by atoms with Gasteiger partial charge in [0.15, 0.2) is 0 Å². The van der Waals surface area contributed by atoms with Gasteiger partial charge in [-0.2, -0.15) is 0 Å². The fourth-order valence-corrected chi connectivity index (χ4v) is 2.01. The summed E-state index contributed by atoms with van der Waals surface area (Å²) in [4.78, 5) is 0. The highest BCUT2D eigenvalue weighted by molar-refractivity contribution is 5.43. The number of nitrogens with one attached hydrogen (secondary N) is 1. The van der Waals surface area contributed by atoms with Crippen molar-refractivity contribution in [3.8, 4) is 5.75 Å². The van der Waals surface area contributed by atoms with Gasteiger partial charge in [0.1, 0.15) is 12.4 Å². The van der Waals surface area contributed by atoms with Gasteiger partial charge < -0.3 is 10.1 Å². The van der Waals surface area contributed by atoms with Gasteiger partial charge in [0.2, 0.25) is 0 Å². The van der Waals surface area contributed by atoms with Gasteiger partial charge in [-0.3, -0.25) is 0 Å². The lowest BCUT2D eigenvalue weighted by molar-refractivity contribution is 0.337. The molecule has 0 heterocycles. The van der Waals surface area contributed by atoms with Crippen LogP contribution in [0.2, 0.25) is 0 Å². The van der Waals surface area contributed by atoms with Crippen LogP contribution < -0.4 is 10.1 Å². The Kier molecular flexibility index (Phi) is 5.19. The molecule has 1 aromatic carbocycles. The van der Waals surface area contributed by atoms with Crippen LogP contribution in [0.25, 0.3) is 0 Å². The van der Waals surface area contributed by atoms with Gasteiger partial charge >= 0.3 is 0 Å². The molecule has 1 N–H and O–H groups in total. The maximum Gasteiger partial charge on any atom is 0.125 e. The van der Waals surface area contributed by atoms with Crippen LogP contribution in [0.5, 0.6) is 5.75 Å². The Bertz CT molecular complexity index is 432. The zero-order valence-corrected chi connectivity index (χ0v) is 13.2. The third-order valence-corrected chi connectivity index (χ3v) is 2.89. The van der Waals surface area contributed by atoms with Crippen LogP contribution in [0.3, 0.4) is 0 Å². The van der Waals surface area contributed by atoms with Crippen LogP contribution in [0.1, 0.15) is 37.5 Å². The molecule has 0 saturated carbocycles. The van der Waals surface area contributed by atoms with Crippen molar-refractivity contribution >= 4 is 0 Å². The minimum Gasteiger partial charge on any atom is -0.489 e. The maximum absolute atomic E-state index is 5.91. The molecule has 0 aliphatic rings. The van der Waals surface area contributed by atoms with Crippen molar-refractivity contribution in [3.05, 3.63) is 41.0 Å². The Labute approximate surface area is 117 Å². The van der Waals surface area contributed by atoms with Gasteiger partial charge in [-0.1, -0.05) is 24.3 Å². The third kappa shape index (κ3) is 5.48. The standard InChI is InChI=1S/C17H27NO/c1-12-8-14(3)16(15(4)9-12)19-11-13(2)10-18-17(5,6)7/h8-9,18H,2,10-11H2,1,3-7H3. The maximum atomic E-state index is 5.91. The highest BCUT2D eigenvalue weighted by Gasteiger charge is 2.10. The number of aryl methyl sites for hydroxylation is 3. The molecule has 1 aromatic rings. The average Bonchev–Trinajstić information content (AvgIpc) is 2.23. The molecule has 0 aromatic heterocycles. The summed E-state index contributed by atoms with van der Waals surface area (Å²) >= 11 is 0. The van der Waals surface area contributed by atoms with Crippen molar-refractivity contribution < 1.29 is 4.74 Å². The Hall–Kier alpha value is -1.28. The molecular weight excluding hydrogens is 234 g/mol. The number of rotatable bonds is 5. The van der Waals surface area contributed by atoms with Crippen LogP contribution in [-0.4, -0.2) is 18.7 Å². The molecule has 0 spiro atoms. The van der Waals surface area contributed by atoms with E-state index in [1.54, 1.807) is 0 Å². The minimum absolute atomic E-state index is 0.110. The molecule has 0 bridgehead atoms. The lowest BCUT2D eigenvalue weighted by Crippen LogP contribution is -2.37. The summed E-state index contributed by atoms with van der Waals surface area (Å²) in [7, 11) is 0. The van der Waals surface area contributed by atoms with E-state index in [9.17, 15) is 0 Å². The summed E-state index contributed by atoms with van der Waals surface area (Å²) in [6, 6.07) is 4.30. The SMILES string of the molecule is C=C(CNC(C)(C)C)COc1c(C)cc(C)cc1C. The molecule has 2 heteroatoms. The van der Waals surface area contributed by atoms with Crippen molar-refractivity contribution in [2.45, 2.75) is 47.1 Å². The van der Waals surface area contributed by atoms with Gasteiger partial charge in [-0.05, 0) is 58.2 Å². The first kappa shape index (κ1) is 15.8. The molecule has 0 amide bonds. The predicted molar refractivity (Wildman–Crippen MR) is 83.0 cm³/mol. The van der Waals surface area contributed by atoms with E-state index < -0.39 is 0 Å². The second-order valence-electron chi connectivity index (χ2n) is 6.37. The molecular formula is C17H27NO. The molecule has 0 unspecified atom stereocenters. The van der Waals surface area contributed by atoms with Gasteiger partial charge in [-0.25, -0.2) is 0 Å². The highest BCUT2D eigenvalue weighted by Crippen LogP contribution is 2.24. The van der Waals surface area contributed by atoms with Crippen LogP contribution >= 0.6 is 0 Å². The summed E-state index contributed by atoms with van der Waals surface area (Å²) in [5.41, 5.74) is 4.83. The van der Waals surface area contributed by atoms with Crippen molar-refractivity contribution in [3.63, 3.8) is 0 Å². The summed E-state index contributed by atoms with van der Waals surface area (Å²) < 4.78 is 5.91. The first-order chi connectivity index (χ1) is 8.69. The van der Waals surface area contributed by atoms with Crippen LogP contribution in [0.4, 0.5) is 0 Å². The first-order valence-corrected chi connectivity index (χ1v) is 6.81. The number of hydrogen-bond donors (Lipinski definition) is 1. The summed E-state index contributed by atoms with van der Waals surface area (Å²) in [5, 5.41) is 3.42. The Morgan fingerprint density at radius 1 is 1.16 bits per heavy atom. The van der Waals surface area contributed by atoms with E-state index in [1.807, 2.05) is 0 Å². The van der Waals surface area contributed by atoms with E-state index >= 15 is 0 Å². The smallest absolute Gasteiger partial charge is 0.125 e. The fraction of sp³-hybridized carbons (Fsp3) is 0.529. The van der Waals surface area contributed by atoms with Crippen LogP contribution in [-0.2, 0) is 0 Å². The molecule has 0 radical (unpaired) electrons.